The molecule has 0 saturated heterocycles. The van der Waals surface area contributed by atoms with E-state index in [0.717, 1.165) is 17.9 Å². The standard InChI is InChI=1S/C18H23NOS/c1-3-16(19)18(17-10-7-12(2)20-17)21-15-9-8-13-5-4-6-14(13)11-15/h7-11,16,18H,3-6,19H2,1-2H3. The van der Waals surface area contributed by atoms with Gasteiger partial charge in [0.25, 0.3) is 0 Å². The van der Waals surface area contributed by atoms with Crippen molar-refractivity contribution in [1.29, 1.82) is 0 Å². The van der Waals surface area contributed by atoms with E-state index >= 15 is 0 Å². The largest absolute Gasteiger partial charge is 0.465 e. The van der Waals surface area contributed by atoms with Crippen LogP contribution in [-0.4, -0.2) is 6.04 Å². The molecule has 2 aromatic rings. The molecular formula is C18H23NOS. The summed E-state index contributed by atoms with van der Waals surface area (Å²) in [6, 6.07) is 11.1. The monoisotopic (exact) mass is 301 g/mol. The first-order valence-electron chi connectivity index (χ1n) is 7.77. The molecule has 1 heterocycles. The van der Waals surface area contributed by atoms with Crippen LogP contribution in [-0.2, 0) is 12.8 Å². The average molecular weight is 301 g/mol. The smallest absolute Gasteiger partial charge is 0.119 e. The van der Waals surface area contributed by atoms with Crippen LogP contribution in [0.5, 0.6) is 0 Å². The highest BCUT2D eigenvalue weighted by Crippen LogP contribution is 2.40. The van der Waals surface area contributed by atoms with Crippen LogP contribution in [0.15, 0.2) is 39.6 Å². The summed E-state index contributed by atoms with van der Waals surface area (Å²) >= 11 is 1.84. The van der Waals surface area contributed by atoms with Gasteiger partial charge in [-0.05, 0) is 68.0 Å². The molecule has 0 radical (unpaired) electrons. The highest BCUT2D eigenvalue weighted by atomic mass is 32.2. The first-order valence-corrected chi connectivity index (χ1v) is 8.65. The van der Waals surface area contributed by atoms with Gasteiger partial charge in [-0.25, -0.2) is 0 Å². The topological polar surface area (TPSA) is 39.2 Å². The number of hydrogen-bond acceptors (Lipinski definition) is 3. The molecule has 1 aliphatic rings. The zero-order valence-corrected chi connectivity index (χ0v) is 13.6. The Balaban J connectivity index is 1.84. The molecule has 3 rings (SSSR count). The molecule has 0 amide bonds. The maximum atomic E-state index is 6.34. The predicted octanol–water partition coefficient (Wildman–Crippen LogP) is 4.65. The summed E-state index contributed by atoms with van der Waals surface area (Å²) < 4.78 is 5.83. The van der Waals surface area contributed by atoms with Gasteiger partial charge in [0.1, 0.15) is 11.5 Å². The summed E-state index contributed by atoms with van der Waals surface area (Å²) in [4.78, 5) is 1.30. The van der Waals surface area contributed by atoms with Gasteiger partial charge in [0.05, 0.1) is 5.25 Å². The fraction of sp³-hybridized carbons (Fsp3) is 0.444. The van der Waals surface area contributed by atoms with Crippen molar-refractivity contribution < 1.29 is 4.42 Å². The second-order valence-electron chi connectivity index (χ2n) is 5.84. The SMILES string of the molecule is CCC(N)C(Sc1ccc2c(c1)CCC2)c1ccc(C)o1. The van der Waals surface area contributed by atoms with Crippen LogP contribution >= 0.6 is 11.8 Å². The molecule has 2 N–H and O–H groups in total. The Morgan fingerprint density at radius 1 is 1.19 bits per heavy atom. The zero-order chi connectivity index (χ0) is 14.8. The molecule has 1 aromatic carbocycles. The van der Waals surface area contributed by atoms with Crippen molar-refractivity contribution in [2.24, 2.45) is 5.73 Å². The minimum atomic E-state index is 0.105. The lowest BCUT2D eigenvalue weighted by atomic mass is 10.1. The summed E-state index contributed by atoms with van der Waals surface area (Å²) in [7, 11) is 0. The normalized spacial score (nSPS) is 16.7. The minimum absolute atomic E-state index is 0.105. The third-order valence-corrected chi connectivity index (χ3v) is 5.60. The van der Waals surface area contributed by atoms with Gasteiger partial charge >= 0.3 is 0 Å². The van der Waals surface area contributed by atoms with E-state index in [1.807, 2.05) is 24.8 Å². The molecule has 2 unspecified atom stereocenters. The van der Waals surface area contributed by atoms with Crippen molar-refractivity contribution in [3.63, 3.8) is 0 Å². The maximum absolute atomic E-state index is 6.34. The molecule has 3 heteroatoms. The molecule has 0 spiro atoms. The Morgan fingerprint density at radius 2 is 2.00 bits per heavy atom. The predicted molar refractivity (Wildman–Crippen MR) is 88.8 cm³/mol. The number of fused-ring (bicyclic) bond motifs is 1. The van der Waals surface area contributed by atoms with Gasteiger partial charge in [0, 0.05) is 10.9 Å². The Kier molecular flexibility index (Phi) is 4.41. The number of hydrogen-bond donors (Lipinski definition) is 1. The quantitative estimate of drug-likeness (QED) is 0.817. The molecule has 1 aromatic heterocycles. The minimum Gasteiger partial charge on any atom is -0.465 e. The van der Waals surface area contributed by atoms with Crippen molar-refractivity contribution in [3.05, 3.63) is 53.0 Å². The molecule has 0 fully saturated rings. The zero-order valence-electron chi connectivity index (χ0n) is 12.8. The van der Waals surface area contributed by atoms with Crippen LogP contribution in [0.1, 0.15) is 47.7 Å². The van der Waals surface area contributed by atoms with E-state index in [0.29, 0.717) is 0 Å². The third-order valence-electron chi connectivity index (χ3n) is 4.23. The van der Waals surface area contributed by atoms with E-state index in [1.165, 1.54) is 35.3 Å². The van der Waals surface area contributed by atoms with Crippen LogP contribution in [0.2, 0.25) is 0 Å². The lowest BCUT2D eigenvalue weighted by Gasteiger charge is -2.21. The number of thioether (sulfide) groups is 1. The molecule has 0 aliphatic heterocycles. The Hall–Kier alpha value is -1.19. The Labute approximate surface area is 131 Å². The molecule has 2 atom stereocenters. The van der Waals surface area contributed by atoms with E-state index in [-0.39, 0.29) is 11.3 Å². The molecule has 2 nitrogen and oxygen atoms in total. The summed E-state index contributed by atoms with van der Waals surface area (Å²) in [5.41, 5.74) is 9.37. The van der Waals surface area contributed by atoms with E-state index in [1.54, 1.807) is 0 Å². The molecule has 0 saturated carbocycles. The van der Waals surface area contributed by atoms with E-state index < -0.39 is 0 Å². The van der Waals surface area contributed by atoms with Gasteiger partial charge in [-0.1, -0.05) is 13.0 Å². The average Bonchev–Trinajstić information content (AvgIpc) is 3.12. The Bertz CT molecular complexity index is 619. The van der Waals surface area contributed by atoms with E-state index in [9.17, 15) is 0 Å². The highest BCUT2D eigenvalue weighted by Gasteiger charge is 2.23. The number of nitrogens with two attached hydrogens (primary N) is 1. The molecular weight excluding hydrogens is 278 g/mol. The number of rotatable bonds is 5. The Morgan fingerprint density at radius 3 is 2.71 bits per heavy atom. The number of furan rings is 1. The fourth-order valence-corrected chi connectivity index (χ4v) is 4.21. The molecule has 112 valence electrons. The lowest BCUT2D eigenvalue weighted by molar-refractivity contribution is 0.454. The van der Waals surface area contributed by atoms with Crippen molar-refractivity contribution >= 4 is 11.8 Å². The van der Waals surface area contributed by atoms with E-state index in [2.05, 4.69) is 31.2 Å². The van der Waals surface area contributed by atoms with Crippen LogP contribution in [0.25, 0.3) is 0 Å². The van der Waals surface area contributed by atoms with Gasteiger partial charge in [0.2, 0.25) is 0 Å². The second kappa shape index (κ2) is 6.29. The van der Waals surface area contributed by atoms with Gasteiger partial charge in [-0.3, -0.25) is 0 Å². The molecule has 1 aliphatic carbocycles. The summed E-state index contributed by atoms with van der Waals surface area (Å²) in [5.74, 6) is 1.94. The maximum Gasteiger partial charge on any atom is 0.119 e. The molecule has 0 bridgehead atoms. The van der Waals surface area contributed by atoms with Gasteiger partial charge < -0.3 is 10.2 Å². The summed E-state index contributed by atoms with van der Waals surface area (Å²) in [6.07, 6.45) is 4.69. The van der Waals surface area contributed by atoms with E-state index in [4.69, 9.17) is 10.2 Å². The van der Waals surface area contributed by atoms with Gasteiger partial charge in [0.15, 0.2) is 0 Å². The first-order chi connectivity index (χ1) is 10.2. The van der Waals surface area contributed by atoms with Crippen molar-refractivity contribution in [3.8, 4) is 0 Å². The first kappa shape index (κ1) is 14.7. The lowest BCUT2D eigenvalue weighted by Crippen LogP contribution is -2.25. The van der Waals surface area contributed by atoms with Gasteiger partial charge in [-0.2, -0.15) is 0 Å². The van der Waals surface area contributed by atoms with Crippen LogP contribution in [0, 0.1) is 6.92 Å². The van der Waals surface area contributed by atoms with Gasteiger partial charge in [-0.15, -0.1) is 11.8 Å². The van der Waals surface area contributed by atoms with Crippen molar-refractivity contribution in [2.75, 3.05) is 0 Å². The van der Waals surface area contributed by atoms with Crippen LogP contribution < -0.4 is 5.73 Å². The highest BCUT2D eigenvalue weighted by molar-refractivity contribution is 7.99. The van der Waals surface area contributed by atoms with Crippen LogP contribution in [0.4, 0.5) is 0 Å². The number of benzene rings is 1. The molecule has 21 heavy (non-hydrogen) atoms. The van der Waals surface area contributed by atoms with Crippen molar-refractivity contribution in [1.82, 2.24) is 0 Å². The van der Waals surface area contributed by atoms with Crippen molar-refractivity contribution in [2.45, 2.75) is 55.7 Å². The number of aryl methyl sites for hydroxylation is 3. The second-order valence-corrected chi connectivity index (χ2v) is 7.06. The summed E-state index contributed by atoms with van der Waals surface area (Å²) in [6.45, 7) is 4.12. The van der Waals surface area contributed by atoms with Crippen LogP contribution in [0.3, 0.4) is 0 Å². The third kappa shape index (κ3) is 3.19. The fourth-order valence-electron chi connectivity index (χ4n) is 2.94. The summed E-state index contributed by atoms with van der Waals surface area (Å²) in [5, 5.41) is 0.183.